The Kier molecular flexibility index (Phi) is 6.78. The lowest BCUT2D eigenvalue weighted by molar-refractivity contribution is 0.536. The van der Waals surface area contributed by atoms with Crippen LogP contribution in [0.1, 0.15) is 68.6 Å². The monoisotopic (exact) mass is 432 g/mol. The maximum absolute atomic E-state index is 4.89. The van der Waals surface area contributed by atoms with Crippen LogP contribution in [-0.2, 0) is 24.8 Å². The third kappa shape index (κ3) is 4.79. The van der Waals surface area contributed by atoms with Gasteiger partial charge in [-0.2, -0.15) is 10.3 Å². The molecule has 8 nitrogen and oxygen atoms in total. The van der Waals surface area contributed by atoms with Gasteiger partial charge in [-0.3, -0.25) is 0 Å². The second kappa shape index (κ2) is 9.89. The molecule has 2 N–H and O–H groups in total. The summed E-state index contributed by atoms with van der Waals surface area (Å²) >= 11 is 0. The number of allylic oxidation sites excluding steroid dienone is 2. The number of aromatic amines is 1. The molecule has 1 aliphatic rings. The minimum atomic E-state index is -0.540. The zero-order chi connectivity index (χ0) is 22.4. The van der Waals surface area contributed by atoms with Crippen molar-refractivity contribution in [2.45, 2.75) is 64.8 Å². The summed E-state index contributed by atoms with van der Waals surface area (Å²) in [6.07, 6.45) is 13.0. The largest absolute Gasteiger partial charge is 0.368 e. The van der Waals surface area contributed by atoms with Gasteiger partial charge in [-0.05, 0) is 54.4 Å². The smallest absolute Gasteiger partial charge is 0.192 e. The van der Waals surface area contributed by atoms with E-state index < -0.39 is 5.41 Å². The number of unbranched alkanes of at least 4 members (excludes halogenated alkanes) is 1. The van der Waals surface area contributed by atoms with E-state index >= 15 is 0 Å². The molecular weight excluding hydrogens is 400 g/mol. The fraction of sp³-hybridized carbons (Fsp3) is 0.458. The second-order valence-electron chi connectivity index (χ2n) is 8.76. The van der Waals surface area contributed by atoms with Crippen molar-refractivity contribution >= 4 is 0 Å². The van der Waals surface area contributed by atoms with E-state index in [1.807, 2.05) is 12.4 Å². The van der Waals surface area contributed by atoms with Gasteiger partial charge in [0.2, 0.25) is 0 Å². The molecule has 3 heterocycles. The van der Waals surface area contributed by atoms with E-state index in [4.69, 9.17) is 10.1 Å². The quantitative estimate of drug-likeness (QED) is 0.507. The van der Waals surface area contributed by atoms with Gasteiger partial charge < -0.3 is 5.32 Å². The van der Waals surface area contributed by atoms with E-state index in [0.29, 0.717) is 11.7 Å². The van der Waals surface area contributed by atoms with Gasteiger partial charge in [0.05, 0.1) is 5.41 Å². The molecule has 1 aromatic carbocycles. The summed E-state index contributed by atoms with van der Waals surface area (Å²) in [5.41, 5.74) is 1.75. The molecule has 0 amide bonds. The molecule has 0 atom stereocenters. The van der Waals surface area contributed by atoms with Gasteiger partial charge in [0.1, 0.15) is 5.82 Å². The lowest BCUT2D eigenvalue weighted by atomic mass is 9.78. The Labute approximate surface area is 189 Å². The van der Waals surface area contributed by atoms with Crippen LogP contribution in [-0.4, -0.2) is 35.4 Å². The summed E-state index contributed by atoms with van der Waals surface area (Å²) in [6, 6.07) is 8.59. The van der Waals surface area contributed by atoms with Gasteiger partial charge >= 0.3 is 0 Å². The molecule has 0 fully saturated rings. The zero-order valence-electron chi connectivity index (χ0n) is 19.1. The third-order valence-electron chi connectivity index (χ3n) is 5.86. The molecular formula is C24H32N8. The average Bonchev–Trinajstić information content (AvgIpc) is 3.48. The Morgan fingerprint density at radius 1 is 1.09 bits per heavy atom. The fourth-order valence-corrected chi connectivity index (χ4v) is 3.93. The van der Waals surface area contributed by atoms with Crippen LogP contribution in [0.15, 0.2) is 48.8 Å². The summed E-state index contributed by atoms with van der Waals surface area (Å²) in [5.74, 6) is 3.27. The number of H-pyrrole nitrogens is 1. The number of tetrazole rings is 1. The molecule has 1 aliphatic heterocycles. The Morgan fingerprint density at radius 2 is 1.88 bits per heavy atom. The van der Waals surface area contributed by atoms with Crippen molar-refractivity contribution in [2.24, 2.45) is 5.92 Å². The first-order valence-electron chi connectivity index (χ1n) is 11.5. The molecule has 0 saturated heterocycles. The highest BCUT2D eigenvalue weighted by atomic mass is 15.5. The maximum atomic E-state index is 4.89. The molecule has 0 spiro atoms. The Balaban J connectivity index is 1.56. The van der Waals surface area contributed by atoms with Crippen LogP contribution in [0.5, 0.6) is 0 Å². The van der Waals surface area contributed by atoms with Gasteiger partial charge in [0, 0.05) is 19.4 Å². The lowest BCUT2D eigenvalue weighted by Crippen LogP contribution is -2.28. The topological polar surface area (TPSA) is 97.2 Å². The number of nitrogens with one attached hydrogen (secondary N) is 2. The molecule has 168 valence electrons. The predicted octanol–water partition coefficient (Wildman–Crippen LogP) is 3.69. The summed E-state index contributed by atoms with van der Waals surface area (Å²) in [5, 5.41) is 22.7. The molecule has 3 aromatic rings. The Morgan fingerprint density at radius 3 is 2.53 bits per heavy atom. The van der Waals surface area contributed by atoms with Crippen LogP contribution in [0.2, 0.25) is 0 Å². The molecule has 4 rings (SSSR count). The number of nitrogens with zero attached hydrogens (tertiary/aromatic N) is 6. The summed E-state index contributed by atoms with van der Waals surface area (Å²) in [6.45, 7) is 7.61. The maximum Gasteiger partial charge on any atom is 0.192 e. The fourth-order valence-electron chi connectivity index (χ4n) is 3.93. The van der Waals surface area contributed by atoms with Crippen molar-refractivity contribution in [1.82, 2.24) is 40.7 Å². The minimum Gasteiger partial charge on any atom is -0.368 e. The van der Waals surface area contributed by atoms with Crippen LogP contribution in [0.4, 0.5) is 0 Å². The molecule has 0 aliphatic carbocycles. The number of hydrogen-bond acceptors (Lipinski definition) is 6. The van der Waals surface area contributed by atoms with Crippen LogP contribution in [0.3, 0.4) is 0 Å². The SMILES string of the molecule is CCCCn1nc(CCC(C)C)nc1Cc1ccc(C2(c3nn[nH]n3)C=CNC=C2)cc1. The molecule has 0 saturated carbocycles. The molecule has 8 heteroatoms. The molecule has 0 bridgehead atoms. The van der Waals surface area contributed by atoms with Crippen molar-refractivity contribution in [1.29, 1.82) is 0 Å². The standard InChI is InChI=1S/C24H32N8/c1-4-5-16-32-22(26-21(29-32)11-6-18(2)3)17-19-7-9-20(10-8-19)24(12-14-25-15-13-24)23-27-30-31-28-23/h7-10,12-15,18,25H,4-6,11,16-17H2,1-3H3,(H,27,28,30,31). The number of benzene rings is 1. The van der Waals surface area contributed by atoms with Crippen molar-refractivity contribution in [2.75, 3.05) is 0 Å². The number of dihydropyridines is 1. The van der Waals surface area contributed by atoms with E-state index in [0.717, 1.165) is 55.9 Å². The highest BCUT2D eigenvalue weighted by Gasteiger charge is 2.34. The normalized spacial score (nSPS) is 14.8. The van der Waals surface area contributed by atoms with Gasteiger partial charge in [0.25, 0.3) is 0 Å². The van der Waals surface area contributed by atoms with E-state index in [1.165, 1.54) is 5.56 Å². The van der Waals surface area contributed by atoms with Crippen LogP contribution in [0.25, 0.3) is 0 Å². The van der Waals surface area contributed by atoms with Gasteiger partial charge in [-0.15, -0.1) is 10.2 Å². The van der Waals surface area contributed by atoms with E-state index in [9.17, 15) is 0 Å². The first-order valence-corrected chi connectivity index (χ1v) is 11.5. The zero-order valence-corrected chi connectivity index (χ0v) is 19.1. The number of aryl methyl sites for hydroxylation is 2. The van der Waals surface area contributed by atoms with Gasteiger partial charge in [-0.25, -0.2) is 9.67 Å². The highest BCUT2D eigenvalue weighted by Crippen LogP contribution is 2.34. The Hall–Kier alpha value is -3.29. The predicted molar refractivity (Wildman–Crippen MR) is 124 cm³/mol. The van der Waals surface area contributed by atoms with Crippen LogP contribution >= 0.6 is 0 Å². The summed E-state index contributed by atoms with van der Waals surface area (Å²) in [7, 11) is 0. The van der Waals surface area contributed by atoms with E-state index in [2.05, 4.69) is 87.8 Å². The number of rotatable bonds is 10. The van der Waals surface area contributed by atoms with Crippen LogP contribution < -0.4 is 5.32 Å². The van der Waals surface area contributed by atoms with Gasteiger partial charge in [0.15, 0.2) is 11.6 Å². The van der Waals surface area contributed by atoms with Crippen molar-refractivity contribution in [3.8, 4) is 0 Å². The van der Waals surface area contributed by atoms with Crippen molar-refractivity contribution in [3.63, 3.8) is 0 Å². The third-order valence-corrected chi connectivity index (χ3v) is 5.86. The highest BCUT2D eigenvalue weighted by molar-refractivity contribution is 5.46. The molecule has 0 radical (unpaired) electrons. The van der Waals surface area contributed by atoms with Crippen LogP contribution in [0, 0.1) is 5.92 Å². The molecule has 32 heavy (non-hydrogen) atoms. The first-order chi connectivity index (χ1) is 15.6. The lowest BCUT2D eigenvalue weighted by Gasteiger charge is -2.26. The summed E-state index contributed by atoms with van der Waals surface area (Å²) in [4.78, 5) is 4.89. The minimum absolute atomic E-state index is 0.540. The number of hydrogen-bond donors (Lipinski definition) is 2. The molecule has 0 unspecified atom stereocenters. The second-order valence-corrected chi connectivity index (χ2v) is 8.76. The van der Waals surface area contributed by atoms with Crippen molar-refractivity contribution in [3.05, 3.63) is 77.4 Å². The van der Waals surface area contributed by atoms with E-state index in [-0.39, 0.29) is 0 Å². The summed E-state index contributed by atoms with van der Waals surface area (Å²) < 4.78 is 2.10. The van der Waals surface area contributed by atoms with E-state index in [1.54, 1.807) is 0 Å². The molecule has 2 aromatic heterocycles. The first kappa shape index (κ1) is 21.9. The average molecular weight is 433 g/mol. The Bertz CT molecular complexity index is 1030. The van der Waals surface area contributed by atoms with Gasteiger partial charge in [-0.1, -0.05) is 56.7 Å². The number of aromatic nitrogens is 7. The van der Waals surface area contributed by atoms with Crippen molar-refractivity contribution < 1.29 is 0 Å².